The van der Waals surface area contributed by atoms with Gasteiger partial charge in [-0.2, -0.15) is 26.3 Å². The van der Waals surface area contributed by atoms with Crippen molar-refractivity contribution in [2.45, 2.75) is 29.7 Å². The standard InChI is InChI=1S/C17H15F6O6P/c18-16(19,20)15(25,17(21,22)23)14(24,12-9-5-2-6-10-12)13(29-30(26,27)28)11-7-3-1-4-8-11/h1-10,13,24-25H,(H2,26,27,28)/t13-,14+/m0/s1. The molecule has 0 aliphatic carbocycles. The van der Waals surface area contributed by atoms with Crippen LogP contribution in [-0.2, 0) is 14.7 Å². The number of alkyl halides is 6. The number of aliphatic hydroxyl groups is 2. The molecular formula is C17H15F6O6P. The molecule has 0 heterocycles. The first-order valence-corrected chi connectivity index (χ1v) is 9.51. The Morgan fingerprint density at radius 1 is 0.767 bits per heavy atom. The first kappa shape index (κ1) is 24.3. The van der Waals surface area contributed by atoms with Crippen molar-refractivity contribution in [2.24, 2.45) is 0 Å². The first-order chi connectivity index (χ1) is 13.6. The van der Waals surface area contributed by atoms with E-state index in [1.807, 2.05) is 0 Å². The molecule has 4 N–H and O–H groups in total. The van der Waals surface area contributed by atoms with Crippen LogP contribution in [0.2, 0.25) is 0 Å². The zero-order valence-electron chi connectivity index (χ0n) is 14.7. The molecule has 0 spiro atoms. The lowest BCUT2D eigenvalue weighted by Gasteiger charge is -2.48. The van der Waals surface area contributed by atoms with Crippen LogP contribution in [0.4, 0.5) is 26.3 Å². The average molecular weight is 460 g/mol. The summed E-state index contributed by atoms with van der Waals surface area (Å²) in [6.07, 6.45) is -16.1. The summed E-state index contributed by atoms with van der Waals surface area (Å²) in [5, 5.41) is 21.0. The van der Waals surface area contributed by atoms with Gasteiger partial charge in [0.15, 0.2) is 5.60 Å². The fraction of sp³-hybridized carbons (Fsp3) is 0.294. The molecule has 0 aliphatic rings. The number of phosphoric ester groups is 1. The summed E-state index contributed by atoms with van der Waals surface area (Å²) >= 11 is 0. The van der Waals surface area contributed by atoms with Crippen LogP contribution in [0.3, 0.4) is 0 Å². The van der Waals surface area contributed by atoms with Gasteiger partial charge in [0.25, 0.3) is 5.60 Å². The number of hydrogen-bond donors (Lipinski definition) is 4. The summed E-state index contributed by atoms with van der Waals surface area (Å²) in [6.45, 7) is 0. The van der Waals surface area contributed by atoms with Gasteiger partial charge in [0.2, 0.25) is 0 Å². The monoisotopic (exact) mass is 460 g/mol. The molecular weight excluding hydrogens is 445 g/mol. The molecule has 0 fully saturated rings. The van der Waals surface area contributed by atoms with E-state index >= 15 is 0 Å². The van der Waals surface area contributed by atoms with Crippen LogP contribution >= 0.6 is 7.82 Å². The van der Waals surface area contributed by atoms with E-state index in [-0.39, 0.29) is 0 Å². The van der Waals surface area contributed by atoms with Crippen LogP contribution in [0, 0.1) is 0 Å². The lowest BCUT2D eigenvalue weighted by atomic mass is 9.70. The smallest absolute Gasteiger partial charge is 0.378 e. The number of hydrogen-bond acceptors (Lipinski definition) is 4. The number of benzene rings is 2. The maximum Gasteiger partial charge on any atom is 0.470 e. The SMILES string of the molecule is O=P(O)(O)O[C@@H](c1ccccc1)[C@](O)(c1ccccc1)C(O)(C(F)(F)F)C(F)(F)F. The second kappa shape index (κ2) is 7.95. The van der Waals surface area contributed by atoms with Crippen LogP contribution < -0.4 is 0 Å². The van der Waals surface area contributed by atoms with Crippen molar-refractivity contribution in [1.29, 1.82) is 0 Å². The van der Waals surface area contributed by atoms with E-state index in [0.29, 0.717) is 12.1 Å². The lowest BCUT2D eigenvalue weighted by molar-refractivity contribution is -0.427. The lowest BCUT2D eigenvalue weighted by Crippen LogP contribution is -2.71. The molecule has 0 saturated carbocycles. The molecule has 0 unspecified atom stereocenters. The van der Waals surface area contributed by atoms with Crippen LogP contribution in [0.25, 0.3) is 0 Å². The highest BCUT2D eigenvalue weighted by atomic mass is 31.2. The Balaban J connectivity index is 2.99. The molecule has 30 heavy (non-hydrogen) atoms. The molecule has 2 aromatic rings. The molecule has 13 heteroatoms. The van der Waals surface area contributed by atoms with E-state index in [1.165, 1.54) is 12.1 Å². The molecule has 0 bridgehead atoms. The Bertz CT molecular complexity index is 884. The largest absolute Gasteiger partial charge is 0.470 e. The topological polar surface area (TPSA) is 107 Å². The zero-order chi connectivity index (χ0) is 23.0. The normalized spacial score (nSPS) is 16.7. The molecule has 6 nitrogen and oxygen atoms in total. The highest BCUT2D eigenvalue weighted by molar-refractivity contribution is 7.46. The third kappa shape index (κ3) is 4.25. The van der Waals surface area contributed by atoms with Gasteiger partial charge in [-0.15, -0.1) is 0 Å². The van der Waals surface area contributed by atoms with Crippen LogP contribution in [0.15, 0.2) is 60.7 Å². The summed E-state index contributed by atoms with van der Waals surface area (Å²) in [5.41, 5.74) is -12.2. The van der Waals surface area contributed by atoms with Crippen LogP contribution in [0.1, 0.15) is 17.2 Å². The average Bonchev–Trinajstić information content (AvgIpc) is 2.63. The minimum absolute atomic E-state index is 0.626. The molecule has 0 aliphatic heterocycles. The summed E-state index contributed by atoms with van der Waals surface area (Å²) < 4.78 is 97.9. The highest BCUT2D eigenvalue weighted by Crippen LogP contribution is 2.60. The summed E-state index contributed by atoms with van der Waals surface area (Å²) in [5.74, 6) is 0. The van der Waals surface area contributed by atoms with E-state index in [9.17, 15) is 41.1 Å². The van der Waals surface area contributed by atoms with Crippen LogP contribution in [0.5, 0.6) is 0 Å². The molecule has 0 aromatic heterocycles. The van der Waals surface area contributed by atoms with Gasteiger partial charge in [-0.25, -0.2) is 4.57 Å². The minimum Gasteiger partial charge on any atom is -0.378 e. The maximum absolute atomic E-state index is 13.7. The summed E-state index contributed by atoms with van der Waals surface area (Å²) in [6, 6.07) is 9.69. The van der Waals surface area contributed by atoms with Crippen molar-refractivity contribution in [1.82, 2.24) is 0 Å². The van der Waals surface area contributed by atoms with E-state index < -0.39 is 48.6 Å². The predicted molar refractivity (Wildman–Crippen MR) is 89.7 cm³/mol. The van der Waals surface area contributed by atoms with Gasteiger partial charge in [-0.1, -0.05) is 60.7 Å². The minimum atomic E-state index is -6.54. The molecule has 0 radical (unpaired) electrons. The Hall–Kier alpha value is -1.95. The van der Waals surface area contributed by atoms with Gasteiger partial charge in [0.1, 0.15) is 6.10 Å². The Morgan fingerprint density at radius 2 is 1.17 bits per heavy atom. The van der Waals surface area contributed by atoms with Crippen molar-refractivity contribution in [3.05, 3.63) is 71.8 Å². The number of rotatable bonds is 6. The fourth-order valence-corrected chi connectivity index (χ4v) is 3.53. The van der Waals surface area contributed by atoms with E-state index in [1.54, 1.807) is 0 Å². The van der Waals surface area contributed by atoms with E-state index in [0.717, 1.165) is 36.4 Å². The quantitative estimate of drug-likeness (QED) is 0.388. The maximum atomic E-state index is 13.7. The Kier molecular flexibility index (Phi) is 6.45. The zero-order valence-corrected chi connectivity index (χ0v) is 15.6. The number of phosphoric acid groups is 1. The number of halogens is 6. The fourth-order valence-electron chi connectivity index (χ4n) is 2.98. The van der Waals surface area contributed by atoms with Gasteiger partial charge < -0.3 is 20.0 Å². The van der Waals surface area contributed by atoms with Gasteiger partial charge in [-0.05, 0) is 11.1 Å². The predicted octanol–water partition coefficient (Wildman–Crippen LogP) is 3.58. The Morgan fingerprint density at radius 3 is 1.53 bits per heavy atom. The van der Waals surface area contributed by atoms with Crippen molar-refractivity contribution in [3.63, 3.8) is 0 Å². The first-order valence-electron chi connectivity index (χ1n) is 7.98. The second-order valence-electron chi connectivity index (χ2n) is 6.23. The third-order valence-electron chi connectivity index (χ3n) is 4.31. The Labute approximate surface area is 165 Å². The van der Waals surface area contributed by atoms with E-state index in [4.69, 9.17) is 9.79 Å². The van der Waals surface area contributed by atoms with Gasteiger partial charge in [-0.3, -0.25) is 4.52 Å². The molecule has 2 atom stereocenters. The molecule has 166 valence electrons. The highest BCUT2D eigenvalue weighted by Gasteiger charge is 2.82. The van der Waals surface area contributed by atoms with E-state index in [2.05, 4.69) is 4.52 Å². The van der Waals surface area contributed by atoms with Gasteiger partial charge >= 0.3 is 20.2 Å². The third-order valence-corrected chi connectivity index (χ3v) is 4.80. The summed E-state index contributed by atoms with van der Waals surface area (Å²) in [4.78, 5) is 18.3. The van der Waals surface area contributed by atoms with Gasteiger partial charge in [0, 0.05) is 0 Å². The van der Waals surface area contributed by atoms with Crippen LogP contribution in [-0.4, -0.2) is 38.0 Å². The van der Waals surface area contributed by atoms with Gasteiger partial charge in [0.05, 0.1) is 0 Å². The molecule has 0 amide bonds. The van der Waals surface area contributed by atoms with Crippen molar-refractivity contribution in [2.75, 3.05) is 0 Å². The molecule has 0 saturated heterocycles. The molecule has 2 rings (SSSR count). The van der Waals surface area contributed by atoms with Crippen molar-refractivity contribution < 1.29 is 55.4 Å². The molecule has 2 aromatic carbocycles. The van der Waals surface area contributed by atoms with Crippen molar-refractivity contribution >= 4 is 7.82 Å². The van der Waals surface area contributed by atoms with Crippen molar-refractivity contribution in [3.8, 4) is 0 Å². The second-order valence-corrected chi connectivity index (χ2v) is 7.42. The summed E-state index contributed by atoms with van der Waals surface area (Å²) in [7, 11) is -5.78.